The Hall–Kier alpha value is -0.0800. The molecule has 0 aromatic carbocycles. The van der Waals surface area contributed by atoms with Gasteiger partial charge in [-0.2, -0.15) is 0 Å². The number of hydrogen-bond acceptors (Lipinski definition) is 2. The van der Waals surface area contributed by atoms with Crippen LogP contribution >= 0.6 is 0 Å². The van der Waals surface area contributed by atoms with E-state index in [0.29, 0.717) is 5.54 Å². The topological polar surface area (TPSA) is 15.3 Å². The third kappa shape index (κ3) is 3.76. The van der Waals surface area contributed by atoms with Crippen LogP contribution in [0.15, 0.2) is 0 Å². The lowest BCUT2D eigenvalue weighted by atomic mass is 9.94. The molecule has 90 valence electrons. The van der Waals surface area contributed by atoms with E-state index in [1.807, 2.05) is 0 Å². The van der Waals surface area contributed by atoms with Crippen LogP contribution < -0.4 is 5.32 Å². The molecule has 1 heterocycles. The van der Waals surface area contributed by atoms with Crippen LogP contribution in [0.5, 0.6) is 0 Å². The summed E-state index contributed by atoms with van der Waals surface area (Å²) >= 11 is 0. The van der Waals surface area contributed by atoms with Crippen molar-refractivity contribution in [2.24, 2.45) is 5.92 Å². The Morgan fingerprint density at radius 3 is 2.47 bits per heavy atom. The summed E-state index contributed by atoms with van der Waals surface area (Å²) < 4.78 is 0. The molecule has 1 atom stereocenters. The second kappa shape index (κ2) is 5.86. The van der Waals surface area contributed by atoms with Crippen molar-refractivity contribution >= 4 is 0 Å². The molecule has 0 aromatic rings. The number of nitrogens with one attached hydrogen (secondary N) is 1. The zero-order chi connectivity index (χ0) is 11.3. The van der Waals surface area contributed by atoms with E-state index in [0.717, 1.165) is 12.5 Å². The largest absolute Gasteiger partial charge is 0.309 e. The van der Waals surface area contributed by atoms with Crippen molar-refractivity contribution < 1.29 is 0 Å². The first-order chi connectivity index (χ1) is 7.13. The first-order valence-electron chi connectivity index (χ1n) is 6.61. The molecule has 1 saturated heterocycles. The Morgan fingerprint density at radius 2 is 1.93 bits per heavy atom. The van der Waals surface area contributed by atoms with E-state index >= 15 is 0 Å². The maximum Gasteiger partial charge on any atom is 0.0278 e. The van der Waals surface area contributed by atoms with Crippen LogP contribution in [-0.4, -0.2) is 36.6 Å². The van der Waals surface area contributed by atoms with Gasteiger partial charge in [-0.05, 0) is 19.3 Å². The molecule has 0 bridgehead atoms. The van der Waals surface area contributed by atoms with Gasteiger partial charge in [-0.15, -0.1) is 0 Å². The van der Waals surface area contributed by atoms with Crippen LogP contribution in [0.4, 0.5) is 0 Å². The van der Waals surface area contributed by atoms with Crippen molar-refractivity contribution in [2.45, 2.75) is 52.5 Å². The van der Waals surface area contributed by atoms with E-state index in [1.54, 1.807) is 0 Å². The van der Waals surface area contributed by atoms with Gasteiger partial charge < -0.3 is 5.32 Å². The summed E-state index contributed by atoms with van der Waals surface area (Å²) in [6.07, 6.45) is 3.87. The fourth-order valence-corrected chi connectivity index (χ4v) is 2.45. The van der Waals surface area contributed by atoms with Gasteiger partial charge in [0.15, 0.2) is 0 Å². The lowest BCUT2D eigenvalue weighted by molar-refractivity contribution is 0.120. The molecule has 2 heteroatoms. The second-order valence-corrected chi connectivity index (χ2v) is 5.26. The van der Waals surface area contributed by atoms with Crippen LogP contribution in [0.3, 0.4) is 0 Å². The van der Waals surface area contributed by atoms with Crippen LogP contribution in [0.1, 0.15) is 47.0 Å². The summed E-state index contributed by atoms with van der Waals surface area (Å²) in [5, 5.41) is 3.64. The van der Waals surface area contributed by atoms with Gasteiger partial charge in [-0.3, -0.25) is 4.90 Å². The van der Waals surface area contributed by atoms with Gasteiger partial charge in [0.2, 0.25) is 0 Å². The SMILES string of the molecule is CCC(CC)CN1CCNC(C)(CC)C1. The smallest absolute Gasteiger partial charge is 0.0278 e. The lowest BCUT2D eigenvalue weighted by Gasteiger charge is -2.42. The van der Waals surface area contributed by atoms with Crippen molar-refractivity contribution in [3.05, 3.63) is 0 Å². The number of nitrogens with zero attached hydrogens (tertiary/aromatic N) is 1. The molecule has 1 fully saturated rings. The van der Waals surface area contributed by atoms with E-state index in [4.69, 9.17) is 0 Å². The second-order valence-electron chi connectivity index (χ2n) is 5.26. The molecule has 1 aliphatic heterocycles. The van der Waals surface area contributed by atoms with Crippen molar-refractivity contribution in [3.8, 4) is 0 Å². The lowest BCUT2D eigenvalue weighted by Crippen LogP contribution is -2.58. The minimum absolute atomic E-state index is 0.351. The van der Waals surface area contributed by atoms with Gasteiger partial charge in [0.05, 0.1) is 0 Å². The molecule has 0 radical (unpaired) electrons. The summed E-state index contributed by atoms with van der Waals surface area (Å²) in [6, 6.07) is 0. The Labute approximate surface area is 95.4 Å². The number of piperazine rings is 1. The zero-order valence-electron chi connectivity index (χ0n) is 11.0. The van der Waals surface area contributed by atoms with Gasteiger partial charge >= 0.3 is 0 Å². The first kappa shape index (κ1) is 13.0. The predicted molar refractivity (Wildman–Crippen MR) is 67.2 cm³/mol. The highest BCUT2D eigenvalue weighted by molar-refractivity contribution is 4.90. The van der Waals surface area contributed by atoms with E-state index in [9.17, 15) is 0 Å². The highest BCUT2D eigenvalue weighted by atomic mass is 15.2. The Kier molecular flexibility index (Phi) is 5.07. The fourth-order valence-electron chi connectivity index (χ4n) is 2.45. The van der Waals surface area contributed by atoms with Gasteiger partial charge in [-0.1, -0.05) is 33.6 Å². The monoisotopic (exact) mass is 212 g/mol. The highest BCUT2D eigenvalue weighted by Crippen LogP contribution is 2.18. The van der Waals surface area contributed by atoms with E-state index in [2.05, 4.69) is 37.9 Å². The minimum Gasteiger partial charge on any atom is -0.309 e. The highest BCUT2D eigenvalue weighted by Gasteiger charge is 2.29. The van der Waals surface area contributed by atoms with Gasteiger partial charge in [0.1, 0.15) is 0 Å². The molecule has 2 nitrogen and oxygen atoms in total. The minimum atomic E-state index is 0.351. The molecule has 0 saturated carbocycles. The first-order valence-corrected chi connectivity index (χ1v) is 6.61. The Balaban J connectivity index is 2.42. The van der Waals surface area contributed by atoms with Crippen LogP contribution in [0.2, 0.25) is 0 Å². The zero-order valence-corrected chi connectivity index (χ0v) is 11.0. The van der Waals surface area contributed by atoms with Gasteiger partial charge in [-0.25, -0.2) is 0 Å². The molecule has 0 aromatic heterocycles. The summed E-state index contributed by atoms with van der Waals surface area (Å²) in [4.78, 5) is 2.65. The predicted octanol–water partition coefficient (Wildman–Crippen LogP) is 2.50. The standard InChI is InChI=1S/C13H28N2/c1-5-12(6-2)10-15-9-8-14-13(4,7-3)11-15/h12,14H,5-11H2,1-4H3. The molecule has 1 aliphatic rings. The quantitative estimate of drug-likeness (QED) is 0.753. The normalized spacial score (nSPS) is 28.6. The van der Waals surface area contributed by atoms with Crippen molar-refractivity contribution in [1.82, 2.24) is 10.2 Å². The Morgan fingerprint density at radius 1 is 1.27 bits per heavy atom. The third-order valence-corrected chi connectivity index (χ3v) is 4.00. The molecular weight excluding hydrogens is 184 g/mol. The van der Waals surface area contributed by atoms with Gasteiger partial charge in [0.25, 0.3) is 0 Å². The van der Waals surface area contributed by atoms with E-state index < -0.39 is 0 Å². The van der Waals surface area contributed by atoms with E-state index in [-0.39, 0.29) is 0 Å². The van der Waals surface area contributed by atoms with Gasteiger partial charge in [0, 0.05) is 31.7 Å². The van der Waals surface area contributed by atoms with Crippen LogP contribution in [-0.2, 0) is 0 Å². The maximum absolute atomic E-state index is 3.64. The average Bonchev–Trinajstić information content (AvgIpc) is 2.26. The summed E-state index contributed by atoms with van der Waals surface area (Å²) in [7, 11) is 0. The van der Waals surface area contributed by atoms with Crippen molar-refractivity contribution in [3.63, 3.8) is 0 Å². The average molecular weight is 212 g/mol. The number of rotatable bonds is 5. The fraction of sp³-hybridized carbons (Fsp3) is 1.00. The number of hydrogen-bond donors (Lipinski definition) is 1. The van der Waals surface area contributed by atoms with Crippen molar-refractivity contribution in [2.75, 3.05) is 26.2 Å². The van der Waals surface area contributed by atoms with Crippen molar-refractivity contribution in [1.29, 1.82) is 0 Å². The summed E-state index contributed by atoms with van der Waals surface area (Å²) in [5.74, 6) is 0.893. The summed E-state index contributed by atoms with van der Waals surface area (Å²) in [5.41, 5.74) is 0.351. The van der Waals surface area contributed by atoms with Crippen LogP contribution in [0, 0.1) is 5.92 Å². The summed E-state index contributed by atoms with van der Waals surface area (Å²) in [6.45, 7) is 14.2. The Bertz CT molecular complexity index is 177. The molecule has 0 amide bonds. The molecule has 15 heavy (non-hydrogen) atoms. The van der Waals surface area contributed by atoms with E-state index in [1.165, 1.54) is 38.9 Å². The third-order valence-electron chi connectivity index (χ3n) is 4.00. The molecule has 0 spiro atoms. The molecule has 1 rings (SSSR count). The maximum atomic E-state index is 3.64. The van der Waals surface area contributed by atoms with Crippen LogP contribution in [0.25, 0.3) is 0 Å². The molecule has 1 N–H and O–H groups in total. The molecule has 0 aliphatic carbocycles. The molecular formula is C13H28N2. The molecule has 1 unspecified atom stereocenters.